The Morgan fingerprint density at radius 1 is 0.920 bits per heavy atom. The van der Waals surface area contributed by atoms with Crippen LogP contribution in [0.4, 0.5) is 5.69 Å². The zero-order valence-corrected chi connectivity index (χ0v) is 15.1. The van der Waals surface area contributed by atoms with Crippen molar-refractivity contribution in [3.8, 4) is 11.5 Å². The molecule has 0 unspecified atom stereocenters. The van der Waals surface area contributed by atoms with Gasteiger partial charge in [-0.15, -0.1) is 0 Å². The molecule has 4 heteroatoms. The van der Waals surface area contributed by atoms with Gasteiger partial charge in [-0.25, -0.2) is 0 Å². The van der Waals surface area contributed by atoms with Gasteiger partial charge in [0.1, 0.15) is 11.5 Å². The number of rotatable bonds is 10. The Morgan fingerprint density at radius 2 is 1.60 bits per heavy atom. The molecular formula is C21H27NO3. The van der Waals surface area contributed by atoms with Crippen LogP contribution in [0.15, 0.2) is 48.5 Å². The van der Waals surface area contributed by atoms with Crippen molar-refractivity contribution in [1.82, 2.24) is 0 Å². The molecule has 1 N–H and O–H groups in total. The normalized spacial score (nSPS) is 10.3. The molecule has 0 aromatic heterocycles. The molecule has 0 bridgehead atoms. The zero-order chi connectivity index (χ0) is 17.9. The zero-order valence-electron chi connectivity index (χ0n) is 15.1. The summed E-state index contributed by atoms with van der Waals surface area (Å²) < 4.78 is 11.6. The molecule has 0 spiro atoms. The molecule has 0 saturated carbocycles. The number of nitrogens with one attached hydrogen (secondary N) is 1. The molecular weight excluding hydrogens is 314 g/mol. The summed E-state index contributed by atoms with van der Waals surface area (Å²) >= 11 is 0. The summed E-state index contributed by atoms with van der Waals surface area (Å²) in [6, 6.07) is 14.7. The van der Waals surface area contributed by atoms with Crippen molar-refractivity contribution in [2.24, 2.45) is 0 Å². The summed E-state index contributed by atoms with van der Waals surface area (Å²) in [5, 5.41) is 2.94. The molecule has 0 radical (unpaired) electrons. The second-order valence-corrected chi connectivity index (χ2v) is 5.88. The summed E-state index contributed by atoms with van der Waals surface area (Å²) in [5.74, 6) is 1.24. The Hall–Kier alpha value is -2.49. The van der Waals surface area contributed by atoms with Crippen molar-refractivity contribution in [2.45, 2.75) is 39.5 Å². The van der Waals surface area contributed by atoms with E-state index in [0.29, 0.717) is 30.2 Å². The number of ether oxygens (including phenoxy) is 2. The highest BCUT2D eigenvalue weighted by molar-refractivity contribution is 6.05. The van der Waals surface area contributed by atoms with Crippen LogP contribution in [0.1, 0.15) is 49.9 Å². The predicted octanol–water partition coefficient (Wildman–Crippen LogP) is 5.30. The van der Waals surface area contributed by atoms with Crippen molar-refractivity contribution >= 4 is 11.6 Å². The maximum Gasteiger partial charge on any atom is 0.255 e. The molecule has 2 aromatic rings. The van der Waals surface area contributed by atoms with E-state index in [-0.39, 0.29) is 5.91 Å². The number of anilines is 1. The van der Waals surface area contributed by atoms with Gasteiger partial charge in [-0.2, -0.15) is 0 Å². The first-order valence-electron chi connectivity index (χ1n) is 9.00. The quantitative estimate of drug-likeness (QED) is 0.597. The average molecular weight is 341 g/mol. The van der Waals surface area contributed by atoms with Gasteiger partial charge in [0.05, 0.1) is 18.9 Å². The lowest BCUT2D eigenvalue weighted by Crippen LogP contribution is -2.13. The van der Waals surface area contributed by atoms with Crippen LogP contribution in [0.2, 0.25) is 0 Å². The van der Waals surface area contributed by atoms with E-state index >= 15 is 0 Å². The SMILES string of the molecule is CCCCOc1ccc(OCCCC)c(NC(=O)c2ccccc2)c1. The summed E-state index contributed by atoms with van der Waals surface area (Å²) in [5.41, 5.74) is 1.25. The molecule has 4 nitrogen and oxygen atoms in total. The number of benzene rings is 2. The first-order chi connectivity index (χ1) is 12.2. The Kier molecular flexibility index (Phi) is 7.83. The maximum absolute atomic E-state index is 12.5. The second-order valence-electron chi connectivity index (χ2n) is 5.88. The van der Waals surface area contributed by atoms with Crippen LogP contribution < -0.4 is 14.8 Å². The standard InChI is InChI=1S/C21H27NO3/c1-3-5-14-24-18-12-13-20(25-15-6-4-2)19(16-18)22-21(23)17-10-8-7-9-11-17/h7-13,16H,3-6,14-15H2,1-2H3,(H,22,23). The fourth-order valence-electron chi connectivity index (χ4n) is 2.27. The Labute approximate surface area is 150 Å². The van der Waals surface area contributed by atoms with Gasteiger partial charge in [0.15, 0.2) is 0 Å². The fraction of sp³-hybridized carbons (Fsp3) is 0.381. The number of carbonyl (C=O) groups is 1. The molecule has 0 aliphatic heterocycles. The van der Waals surface area contributed by atoms with Crippen molar-refractivity contribution in [2.75, 3.05) is 18.5 Å². The van der Waals surface area contributed by atoms with Crippen LogP contribution in [0, 0.1) is 0 Å². The topological polar surface area (TPSA) is 47.6 Å². The largest absolute Gasteiger partial charge is 0.494 e. The van der Waals surface area contributed by atoms with Gasteiger partial charge in [0, 0.05) is 11.6 Å². The van der Waals surface area contributed by atoms with E-state index in [1.807, 2.05) is 36.4 Å². The Balaban J connectivity index is 2.14. The van der Waals surface area contributed by atoms with E-state index in [1.54, 1.807) is 12.1 Å². The highest BCUT2D eigenvalue weighted by atomic mass is 16.5. The van der Waals surface area contributed by atoms with Gasteiger partial charge in [0.2, 0.25) is 0 Å². The lowest BCUT2D eigenvalue weighted by molar-refractivity contribution is 0.102. The molecule has 134 valence electrons. The molecule has 25 heavy (non-hydrogen) atoms. The number of amides is 1. The van der Waals surface area contributed by atoms with E-state index in [0.717, 1.165) is 31.4 Å². The van der Waals surface area contributed by atoms with E-state index in [4.69, 9.17) is 9.47 Å². The minimum absolute atomic E-state index is 0.161. The van der Waals surface area contributed by atoms with Crippen molar-refractivity contribution < 1.29 is 14.3 Å². The minimum atomic E-state index is -0.161. The summed E-state index contributed by atoms with van der Waals surface area (Å²) in [6.07, 6.45) is 4.11. The van der Waals surface area contributed by atoms with Crippen molar-refractivity contribution in [3.05, 3.63) is 54.1 Å². The lowest BCUT2D eigenvalue weighted by atomic mass is 10.2. The lowest BCUT2D eigenvalue weighted by Gasteiger charge is -2.14. The van der Waals surface area contributed by atoms with Gasteiger partial charge in [-0.3, -0.25) is 4.79 Å². The van der Waals surface area contributed by atoms with E-state index < -0.39 is 0 Å². The molecule has 1 amide bonds. The van der Waals surface area contributed by atoms with Crippen LogP contribution in [0.3, 0.4) is 0 Å². The highest BCUT2D eigenvalue weighted by Gasteiger charge is 2.11. The number of hydrogen-bond acceptors (Lipinski definition) is 3. The molecule has 0 saturated heterocycles. The van der Waals surface area contributed by atoms with E-state index in [1.165, 1.54) is 0 Å². The maximum atomic E-state index is 12.5. The summed E-state index contributed by atoms with van der Waals surface area (Å²) in [4.78, 5) is 12.5. The second kappa shape index (κ2) is 10.4. The molecule has 0 aliphatic carbocycles. The Morgan fingerprint density at radius 3 is 2.28 bits per heavy atom. The Bertz CT molecular complexity index is 655. The van der Waals surface area contributed by atoms with Crippen LogP contribution in [0.5, 0.6) is 11.5 Å². The molecule has 0 heterocycles. The fourth-order valence-corrected chi connectivity index (χ4v) is 2.27. The van der Waals surface area contributed by atoms with E-state index in [9.17, 15) is 4.79 Å². The van der Waals surface area contributed by atoms with Crippen molar-refractivity contribution in [1.29, 1.82) is 0 Å². The summed E-state index contributed by atoms with van der Waals surface area (Å²) in [7, 11) is 0. The number of hydrogen-bond donors (Lipinski definition) is 1. The first-order valence-corrected chi connectivity index (χ1v) is 9.00. The van der Waals surface area contributed by atoms with Gasteiger partial charge in [-0.1, -0.05) is 44.9 Å². The average Bonchev–Trinajstić information content (AvgIpc) is 2.64. The van der Waals surface area contributed by atoms with Gasteiger partial charge in [-0.05, 0) is 37.1 Å². The van der Waals surface area contributed by atoms with Gasteiger partial charge in [0.25, 0.3) is 5.91 Å². The monoisotopic (exact) mass is 341 g/mol. The highest BCUT2D eigenvalue weighted by Crippen LogP contribution is 2.30. The van der Waals surface area contributed by atoms with Gasteiger partial charge >= 0.3 is 0 Å². The van der Waals surface area contributed by atoms with Crippen molar-refractivity contribution in [3.63, 3.8) is 0 Å². The predicted molar refractivity (Wildman–Crippen MR) is 102 cm³/mol. The van der Waals surface area contributed by atoms with Crippen LogP contribution in [-0.4, -0.2) is 19.1 Å². The summed E-state index contributed by atoms with van der Waals surface area (Å²) in [6.45, 7) is 5.53. The molecule has 0 atom stereocenters. The van der Waals surface area contributed by atoms with Crippen LogP contribution in [-0.2, 0) is 0 Å². The third-order valence-corrected chi connectivity index (χ3v) is 3.76. The number of carbonyl (C=O) groups excluding carboxylic acids is 1. The molecule has 2 rings (SSSR count). The van der Waals surface area contributed by atoms with Gasteiger partial charge < -0.3 is 14.8 Å². The third-order valence-electron chi connectivity index (χ3n) is 3.76. The molecule has 0 aliphatic rings. The van der Waals surface area contributed by atoms with E-state index in [2.05, 4.69) is 19.2 Å². The minimum Gasteiger partial charge on any atom is -0.494 e. The smallest absolute Gasteiger partial charge is 0.255 e. The molecule has 2 aromatic carbocycles. The third kappa shape index (κ3) is 6.14. The van der Waals surface area contributed by atoms with Crippen LogP contribution >= 0.6 is 0 Å². The first kappa shape index (κ1) is 18.8. The number of unbranched alkanes of at least 4 members (excludes halogenated alkanes) is 2. The molecule has 0 fully saturated rings. The van der Waals surface area contributed by atoms with Crippen LogP contribution in [0.25, 0.3) is 0 Å².